The van der Waals surface area contributed by atoms with E-state index in [-0.39, 0.29) is 5.91 Å². The van der Waals surface area contributed by atoms with Crippen LogP contribution in [0.25, 0.3) is 0 Å². The third-order valence-corrected chi connectivity index (χ3v) is 4.91. The molecule has 0 fully saturated rings. The molecule has 0 saturated heterocycles. The molecule has 0 bridgehead atoms. The van der Waals surface area contributed by atoms with Gasteiger partial charge in [-0.1, -0.05) is 42.8 Å². The van der Waals surface area contributed by atoms with Gasteiger partial charge < -0.3 is 10.1 Å². The molecule has 0 atom stereocenters. The zero-order chi connectivity index (χ0) is 17.5. The Morgan fingerprint density at radius 2 is 1.96 bits per heavy atom. The summed E-state index contributed by atoms with van der Waals surface area (Å²) in [6, 6.07) is 12.2. The normalized spacial score (nSPS) is 10.5. The summed E-state index contributed by atoms with van der Waals surface area (Å²) < 4.78 is 5.39. The third kappa shape index (κ3) is 4.78. The lowest BCUT2D eigenvalue weighted by molar-refractivity contribution is -0.113. The first-order valence-corrected chi connectivity index (χ1v) is 9.30. The molecule has 0 radical (unpaired) electrons. The molecule has 0 aliphatic rings. The molecule has 2 rings (SSSR count). The number of aryl methyl sites for hydroxylation is 3. The minimum absolute atomic E-state index is 0.0376. The first-order chi connectivity index (χ1) is 11.5. The van der Waals surface area contributed by atoms with Gasteiger partial charge in [-0.3, -0.25) is 4.79 Å². The van der Waals surface area contributed by atoms with Gasteiger partial charge in [0.15, 0.2) is 0 Å². The van der Waals surface area contributed by atoms with Crippen LogP contribution in [0, 0.1) is 13.8 Å². The summed E-state index contributed by atoms with van der Waals surface area (Å²) >= 11 is 1.60. The van der Waals surface area contributed by atoms with Crippen molar-refractivity contribution in [3.63, 3.8) is 0 Å². The van der Waals surface area contributed by atoms with Crippen molar-refractivity contribution < 1.29 is 9.53 Å². The van der Waals surface area contributed by atoms with E-state index in [9.17, 15) is 4.79 Å². The minimum Gasteiger partial charge on any atom is -0.496 e. The highest BCUT2D eigenvalue weighted by molar-refractivity contribution is 7.99. The van der Waals surface area contributed by atoms with E-state index >= 15 is 0 Å². The fourth-order valence-electron chi connectivity index (χ4n) is 2.65. The number of anilines is 1. The summed E-state index contributed by atoms with van der Waals surface area (Å²) in [6.07, 6.45) is 0.908. The maximum atomic E-state index is 12.3. The van der Waals surface area contributed by atoms with Crippen LogP contribution in [0.2, 0.25) is 0 Å². The van der Waals surface area contributed by atoms with E-state index in [0.717, 1.165) is 34.7 Å². The summed E-state index contributed by atoms with van der Waals surface area (Å²) in [5, 5.41) is 3.06. The highest BCUT2D eigenvalue weighted by atomic mass is 32.2. The summed E-state index contributed by atoms with van der Waals surface area (Å²) in [7, 11) is 1.68. The SMILES string of the molecule is CCc1cccc(C)c1NC(=O)CSCc1cc(C)ccc1OC. The van der Waals surface area contributed by atoms with E-state index in [1.807, 2.05) is 31.2 Å². The van der Waals surface area contributed by atoms with Crippen molar-refractivity contribution in [2.24, 2.45) is 0 Å². The highest BCUT2D eigenvalue weighted by Crippen LogP contribution is 2.25. The summed E-state index contributed by atoms with van der Waals surface area (Å²) in [6.45, 7) is 6.19. The Bertz CT molecular complexity index is 713. The molecule has 0 saturated carbocycles. The van der Waals surface area contributed by atoms with Gasteiger partial charge in [-0.2, -0.15) is 0 Å². The number of thioether (sulfide) groups is 1. The molecule has 2 aromatic carbocycles. The van der Waals surface area contributed by atoms with Crippen LogP contribution in [0.1, 0.15) is 29.2 Å². The Hall–Kier alpha value is -1.94. The molecular formula is C20H25NO2S. The Labute approximate surface area is 148 Å². The van der Waals surface area contributed by atoms with Gasteiger partial charge in [0.05, 0.1) is 12.9 Å². The van der Waals surface area contributed by atoms with E-state index in [1.165, 1.54) is 11.1 Å². The number of para-hydroxylation sites is 1. The topological polar surface area (TPSA) is 38.3 Å². The molecule has 24 heavy (non-hydrogen) atoms. The van der Waals surface area contributed by atoms with Crippen LogP contribution in [0.4, 0.5) is 5.69 Å². The lowest BCUT2D eigenvalue weighted by Gasteiger charge is -2.13. The van der Waals surface area contributed by atoms with Crippen LogP contribution in [0.3, 0.4) is 0 Å². The molecule has 2 aromatic rings. The monoisotopic (exact) mass is 343 g/mol. The number of amides is 1. The van der Waals surface area contributed by atoms with E-state index in [4.69, 9.17) is 4.74 Å². The van der Waals surface area contributed by atoms with E-state index in [0.29, 0.717) is 5.75 Å². The Kier molecular flexibility index (Phi) is 6.73. The molecule has 0 aliphatic carbocycles. The van der Waals surface area contributed by atoms with Crippen molar-refractivity contribution in [3.05, 3.63) is 58.7 Å². The van der Waals surface area contributed by atoms with E-state index < -0.39 is 0 Å². The fraction of sp³-hybridized carbons (Fsp3) is 0.350. The van der Waals surface area contributed by atoms with Gasteiger partial charge in [-0.25, -0.2) is 0 Å². The van der Waals surface area contributed by atoms with Gasteiger partial charge in [0.1, 0.15) is 5.75 Å². The van der Waals surface area contributed by atoms with Crippen molar-refractivity contribution in [1.29, 1.82) is 0 Å². The molecule has 0 heterocycles. The smallest absolute Gasteiger partial charge is 0.234 e. The maximum absolute atomic E-state index is 12.3. The van der Waals surface area contributed by atoms with Crippen LogP contribution in [-0.4, -0.2) is 18.8 Å². The maximum Gasteiger partial charge on any atom is 0.234 e. The summed E-state index contributed by atoms with van der Waals surface area (Å²) in [5.74, 6) is 2.10. The molecule has 4 heteroatoms. The van der Waals surface area contributed by atoms with Crippen LogP contribution in [-0.2, 0) is 17.0 Å². The molecule has 128 valence electrons. The molecule has 0 unspecified atom stereocenters. The average Bonchev–Trinajstić information content (AvgIpc) is 2.57. The average molecular weight is 343 g/mol. The zero-order valence-electron chi connectivity index (χ0n) is 14.8. The number of ether oxygens (including phenoxy) is 1. The number of rotatable bonds is 7. The first-order valence-electron chi connectivity index (χ1n) is 8.14. The standard InChI is InChI=1S/C20H25NO2S/c1-5-16-8-6-7-15(3)20(16)21-19(22)13-24-12-17-11-14(2)9-10-18(17)23-4/h6-11H,5,12-13H2,1-4H3,(H,21,22). The molecule has 0 spiro atoms. The van der Waals surface area contributed by atoms with Crippen molar-refractivity contribution in [2.45, 2.75) is 32.9 Å². The zero-order valence-corrected chi connectivity index (χ0v) is 15.6. The number of carbonyl (C=O) groups is 1. The lowest BCUT2D eigenvalue weighted by Crippen LogP contribution is -2.16. The van der Waals surface area contributed by atoms with Crippen LogP contribution in [0.5, 0.6) is 5.75 Å². The van der Waals surface area contributed by atoms with Gasteiger partial charge in [0.2, 0.25) is 5.91 Å². The van der Waals surface area contributed by atoms with E-state index in [1.54, 1.807) is 18.9 Å². The van der Waals surface area contributed by atoms with Crippen molar-refractivity contribution >= 4 is 23.4 Å². The van der Waals surface area contributed by atoms with Crippen molar-refractivity contribution in [3.8, 4) is 5.75 Å². The number of carbonyl (C=O) groups excluding carboxylic acids is 1. The third-order valence-electron chi connectivity index (χ3n) is 3.93. The molecule has 1 N–H and O–H groups in total. The summed E-state index contributed by atoms with van der Waals surface area (Å²) in [5.41, 5.74) is 5.56. The van der Waals surface area contributed by atoms with Gasteiger partial charge in [-0.15, -0.1) is 11.8 Å². The lowest BCUT2D eigenvalue weighted by atomic mass is 10.1. The Balaban J connectivity index is 1.94. The second kappa shape index (κ2) is 8.78. The highest BCUT2D eigenvalue weighted by Gasteiger charge is 2.10. The predicted molar refractivity (Wildman–Crippen MR) is 103 cm³/mol. The van der Waals surface area contributed by atoms with Gasteiger partial charge >= 0.3 is 0 Å². The second-order valence-electron chi connectivity index (χ2n) is 5.82. The van der Waals surface area contributed by atoms with E-state index in [2.05, 4.69) is 31.3 Å². The van der Waals surface area contributed by atoms with Crippen molar-refractivity contribution in [2.75, 3.05) is 18.2 Å². The van der Waals surface area contributed by atoms with Crippen LogP contribution in [0.15, 0.2) is 36.4 Å². The molecule has 1 amide bonds. The van der Waals surface area contributed by atoms with Crippen LogP contribution < -0.4 is 10.1 Å². The Morgan fingerprint density at radius 1 is 1.17 bits per heavy atom. The number of hydrogen-bond donors (Lipinski definition) is 1. The molecule has 0 aliphatic heterocycles. The van der Waals surface area contributed by atoms with Gasteiger partial charge in [-0.05, 0) is 37.5 Å². The van der Waals surface area contributed by atoms with Gasteiger partial charge in [0, 0.05) is 17.0 Å². The number of methoxy groups -OCH3 is 1. The van der Waals surface area contributed by atoms with Crippen LogP contribution >= 0.6 is 11.8 Å². The van der Waals surface area contributed by atoms with Crippen molar-refractivity contribution in [1.82, 2.24) is 0 Å². The minimum atomic E-state index is 0.0376. The fourth-order valence-corrected chi connectivity index (χ4v) is 3.46. The molecule has 0 aromatic heterocycles. The van der Waals surface area contributed by atoms with Gasteiger partial charge in [0.25, 0.3) is 0 Å². The second-order valence-corrected chi connectivity index (χ2v) is 6.80. The molecular weight excluding hydrogens is 318 g/mol. The Morgan fingerprint density at radius 3 is 2.67 bits per heavy atom. The quantitative estimate of drug-likeness (QED) is 0.788. The molecule has 3 nitrogen and oxygen atoms in total. The largest absolute Gasteiger partial charge is 0.496 e. The number of hydrogen-bond acceptors (Lipinski definition) is 3. The number of nitrogens with one attached hydrogen (secondary N) is 1. The first kappa shape index (κ1) is 18.4. The number of benzene rings is 2. The predicted octanol–water partition coefficient (Wildman–Crippen LogP) is 4.75. The summed E-state index contributed by atoms with van der Waals surface area (Å²) in [4.78, 5) is 12.3.